The molecule has 0 saturated heterocycles. The molecular weight excluding hydrogens is 701 g/mol. The third-order valence-electron chi connectivity index (χ3n) is 9.36. The normalized spacial score (nSPS) is 12.1. The van der Waals surface area contributed by atoms with Crippen molar-refractivity contribution in [2.24, 2.45) is 0 Å². The molecule has 1 unspecified atom stereocenters. The summed E-state index contributed by atoms with van der Waals surface area (Å²) in [6.07, 6.45) is 11.7. The van der Waals surface area contributed by atoms with Crippen LogP contribution in [0, 0.1) is 0 Å². The zero-order chi connectivity index (χ0) is 39.2. The maximum absolute atomic E-state index is 11.6. The first-order valence-electron chi connectivity index (χ1n) is 19.1. The lowest BCUT2D eigenvalue weighted by Gasteiger charge is -2.37. The summed E-state index contributed by atoms with van der Waals surface area (Å²) in [7, 11) is 0. The number of fused-ring (bicyclic) bond motifs is 3. The second-order valence-electron chi connectivity index (χ2n) is 12.7. The quantitative estimate of drug-likeness (QED) is 0.109. The van der Waals surface area contributed by atoms with Gasteiger partial charge in [-0.05, 0) is 47.7 Å². The molecule has 8 rings (SSSR count). The molecule has 0 bridgehead atoms. The van der Waals surface area contributed by atoms with Crippen LogP contribution in [-0.2, 0) is 15.1 Å². The Balaban J connectivity index is 0.000000332. The summed E-state index contributed by atoms with van der Waals surface area (Å²) in [4.78, 5) is 31.9. The molecule has 1 atom stereocenters. The molecule has 0 saturated carbocycles. The summed E-state index contributed by atoms with van der Waals surface area (Å²) >= 11 is 0. The highest BCUT2D eigenvalue weighted by Gasteiger charge is 2.38. The number of hydrogen-bond acceptors (Lipinski definition) is 4. The summed E-state index contributed by atoms with van der Waals surface area (Å²) in [5.74, 6) is 0.225. The number of ketones is 2. The Morgan fingerprint density at radius 1 is 0.649 bits per heavy atom. The molecule has 0 spiro atoms. The molecule has 0 amide bonds. The molecule has 0 aliphatic carbocycles. The Hall–Kier alpha value is -6.40. The number of rotatable bonds is 9. The molecule has 3 heterocycles. The highest BCUT2D eigenvalue weighted by atomic mass is 16.1. The molecule has 0 N–H and O–H groups in total. The molecule has 294 valence electrons. The molecule has 5 aromatic carbocycles. The second-order valence-corrected chi connectivity index (χ2v) is 12.7. The molecule has 6 heteroatoms. The number of carbonyl (C=O) groups is 2. The highest BCUT2D eigenvalue weighted by molar-refractivity contribution is 5.92. The standard InChI is InChI=1S/C32H26N2O.C13H12N2O.2C2H6.2CH4/c1-25(35)21-22-26-13-11-12-20-30(26)31-23-34(24-33-31)32(27-14-5-2-6-15-27,28-16-7-3-8-17-28)29-18-9-4-10-19-29;1-9(16)6-12-10-4-2-3-5-11(10)13-7-14-8-15(12)13;2*1-2;;/h2-24H,1H3;2-5,7-8,12H,6H2,1H3;2*1-2H3;2*1H4/b22-21+;;;;;. The molecular formula is C51H58N4O2. The van der Waals surface area contributed by atoms with E-state index in [0.29, 0.717) is 6.42 Å². The molecule has 1 aliphatic rings. The van der Waals surface area contributed by atoms with E-state index in [4.69, 9.17) is 4.98 Å². The van der Waals surface area contributed by atoms with Gasteiger partial charge in [-0.3, -0.25) is 9.59 Å². The van der Waals surface area contributed by atoms with E-state index >= 15 is 0 Å². The number of imidazole rings is 2. The van der Waals surface area contributed by atoms with Crippen LogP contribution in [0.2, 0.25) is 0 Å². The SMILES string of the molecule is C.C.CC.CC.CC(=O)/C=C/c1ccccc1-c1cn(C(c2ccccc2)(c2ccccc2)c2ccccc2)cn1.CC(=O)CC1c2ccccc2-c2cncn21. The second kappa shape index (κ2) is 21.6. The van der Waals surface area contributed by atoms with Crippen molar-refractivity contribution in [1.82, 2.24) is 19.1 Å². The lowest BCUT2D eigenvalue weighted by atomic mass is 9.77. The van der Waals surface area contributed by atoms with E-state index < -0.39 is 5.54 Å². The molecule has 57 heavy (non-hydrogen) atoms. The molecule has 0 fully saturated rings. The fourth-order valence-corrected chi connectivity index (χ4v) is 7.13. The first kappa shape index (κ1) is 45.0. The maximum Gasteiger partial charge on any atom is 0.152 e. The monoisotopic (exact) mass is 758 g/mol. The van der Waals surface area contributed by atoms with Crippen LogP contribution in [-0.4, -0.2) is 30.7 Å². The Labute approximate surface area is 340 Å². The molecule has 1 aliphatic heterocycles. The molecule has 0 radical (unpaired) electrons. The van der Waals surface area contributed by atoms with Gasteiger partial charge in [-0.25, -0.2) is 9.97 Å². The predicted octanol–water partition coefficient (Wildman–Crippen LogP) is 12.7. The van der Waals surface area contributed by atoms with Crippen LogP contribution >= 0.6 is 0 Å². The van der Waals surface area contributed by atoms with Crippen LogP contribution in [0.1, 0.15) is 96.7 Å². The van der Waals surface area contributed by atoms with Gasteiger partial charge in [-0.15, -0.1) is 0 Å². The smallest absolute Gasteiger partial charge is 0.152 e. The van der Waals surface area contributed by atoms with E-state index in [1.807, 2.05) is 107 Å². The average molecular weight is 759 g/mol. The number of benzene rings is 5. The van der Waals surface area contributed by atoms with Crippen molar-refractivity contribution in [3.8, 4) is 22.5 Å². The highest BCUT2D eigenvalue weighted by Crippen LogP contribution is 2.42. The van der Waals surface area contributed by atoms with Gasteiger partial charge in [0.25, 0.3) is 0 Å². The van der Waals surface area contributed by atoms with Crippen molar-refractivity contribution in [2.45, 2.75) is 74.4 Å². The minimum absolute atomic E-state index is 0. The van der Waals surface area contributed by atoms with Crippen molar-refractivity contribution in [3.05, 3.63) is 198 Å². The minimum Gasteiger partial charge on any atom is -0.323 e. The van der Waals surface area contributed by atoms with Gasteiger partial charge >= 0.3 is 0 Å². The van der Waals surface area contributed by atoms with E-state index in [1.54, 1.807) is 19.9 Å². The number of aromatic nitrogens is 4. The molecule has 6 nitrogen and oxygen atoms in total. The first-order chi connectivity index (χ1) is 27.0. The lowest BCUT2D eigenvalue weighted by Crippen LogP contribution is -2.36. The topological polar surface area (TPSA) is 69.8 Å². The largest absolute Gasteiger partial charge is 0.323 e. The lowest BCUT2D eigenvalue weighted by molar-refractivity contribution is -0.117. The Morgan fingerprint density at radius 2 is 1.14 bits per heavy atom. The fourth-order valence-electron chi connectivity index (χ4n) is 7.13. The predicted molar refractivity (Wildman–Crippen MR) is 239 cm³/mol. The van der Waals surface area contributed by atoms with Crippen LogP contribution in [0.15, 0.2) is 171 Å². The maximum atomic E-state index is 11.6. The van der Waals surface area contributed by atoms with Gasteiger partial charge in [0.05, 0.1) is 36.3 Å². The van der Waals surface area contributed by atoms with Gasteiger partial charge in [0.1, 0.15) is 11.3 Å². The molecule has 2 aromatic heterocycles. The van der Waals surface area contributed by atoms with Gasteiger partial charge in [-0.1, -0.05) is 188 Å². The van der Waals surface area contributed by atoms with Gasteiger partial charge in [-0.2, -0.15) is 0 Å². The average Bonchev–Trinajstić information content (AvgIpc) is 3.99. The summed E-state index contributed by atoms with van der Waals surface area (Å²) in [5, 5.41) is 0. The Morgan fingerprint density at radius 3 is 1.67 bits per heavy atom. The van der Waals surface area contributed by atoms with Crippen LogP contribution < -0.4 is 0 Å². The number of allylic oxidation sites excluding steroid dienone is 1. The van der Waals surface area contributed by atoms with Gasteiger partial charge in [0.15, 0.2) is 5.78 Å². The number of hydrogen-bond donors (Lipinski definition) is 0. The van der Waals surface area contributed by atoms with E-state index in [0.717, 1.165) is 39.2 Å². The van der Waals surface area contributed by atoms with Gasteiger partial charge in [0, 0.05) is 23.7 Å². The summed E-state index contributed by atoms with van der Waals surface area (Å²) in [5.41, 5.74) is 9.15. The van der Waals surface area contributed by atoms with E-state index in [-0.39, 0.29) is 32.5 Å². The number of carbonyl (C=O) groups excluding carboxylic acids is 2. The van der Waals surface area contributed by atoms with Gasteiger partial charge in [0.2, 0.25) is 0 Å². The fraction of sp³-hybridized carbons (Fsp3) is 0.216. The van der Waals surface area contributed by atoms with E-state index in [9.17, 15) is 9.59 Å². The zero-order valence-corrected chi connectivity index (χ0v) is 32.6. The Bertz CT molecular complexity index is 2210. The van der Waals surface area contributed by atoms with Crippen molar-refractivity contribution in [3.63, 3.8) is 0 Å². The van der Waals surface area contributed by atoms with Crippen molar-refractivity contribution < 1.29 is 9.59 Å². The zero-order valence-electron chi connectivity index (χ0n) is 32.6. The summed E-state index contributed by atoms with van der Waals surface area (Å²) in [6.45, 7) is 11.2. The third kappa shape index (κ3) is 9.71. The van der Waals surface area contributed by atoms with Crippen LogP contribution in [0.5, 0.6) is 0 Å². The summed E-state index contributed by atoms with van der Waals surface area (Å²) in [6, 6.07) is 48.0. The van der Waals surface area contributed by atoms with E-state index in [2.05, 4.69) is 105 Å². The minimum atomic E-state index is -0.612. The van der Waals surface area contributed by atoms with E-state index in [1.165, 1.54) is 11.1 Å². The number of Topliss-reactive ketones (excluding diaryl/α,β-unsaturated/α-hetero) is 1. The third-order valence-corrected chi connectivity index (χ3v) is 9.36. The number of nitrogens with zero attached hydrogens (tertiary/aromatic N) is 4. The summed E-state index contributed by atoms with van der Waals surface area (Å²) < 4.78 is 4.29. The van der Waals surface area contributed by atoms with Crippen molar-refractivity contribution in [1.29, 1.82) is 0 Å². The Kier molecular flexibility index (Phi) is 17.1. The van der Waals surface area contributed by atoms with Crippen LogP contribution in [0.4, 0.5) is 0 Å². The first-order valence-corrected chi connectivity index (χ1v) is 19.1. The van der Waals surface area contributed by atoms with Crippen molar-refractivity contribution >= 4 is 17.6 Å². The van der Waals surface area contributed by atoms with Crippen molar-refractivity contribution in [2.75, 3.05) is 0 Å². The van der Waals surface area contributed by atoms with Crippen LogP contribution in [0.25, 0.3) is 28.6 Å². The van der Waals surface area contributed by atoms with Crippen LogP contribution in [0.3, 0.4) is 0 Å². The molecule has 7 aromatic rings. The van der Waals surface area contributed by atoms with Gasteiger partial charge < -0.3 is 9.13 Å².